The fraction of sp³-hybridized carbons (Fsp3) is 0.524. The summed E-state index contributed by atoms with van der Waals surface area (Å²) in [7, 11) is 0. The number of carboxylic acid groups (broad SMARTS) is 1. The second-order valence-electron chi connectivity index (χ2n) is 7.51. The zero-order chi connectivity index (χ0) is 24.5. The molecule has 8 nitrogen and oxygen atoms in total. The van der Waals surface area contributed by atoms with Gasteiger partial charge in [-0.1, -0.05) is 6.92 Å². The van der Waals surface area contributed by atoms with Crippen LogP contribution in [0.2, 0.25) is 0 Å². The number of carbonyl (C=O) groups excluding carboxylic acids is 3. The average Bonchev–Trinajstić information content (AvgIpc) is 2.73. The molecule has 0 spiro atoms. The van der Waals surface area contributed by atoms with E-state index in [1.807, 2.05) is 13.8 Å². The van der Waals surface area contributed by atoms with Gasteiger partial charge in [0.2, 0.25) is 11.8 Å². The number of nitrogens with one attached hydrogen (secondary N) is 2. The smallest absolute Gasteiger partial charge is 0.475 e. The summed E-state index contributed by atoms with van der Waals surface area (Å²) in [4.78, 5) is 46.7. The van der Waals surface area contributed by atoms with Crippen molar-refractivity contribution in [1.29, 1.82) is 0 Å². The number of hydrogen-bond acceptors (Lipinski definition) is 4. The van der Waals surface area contributed by atoms with Crippen molar-refractivity contribution in [3.8, 4) is 0 Å². The topological polar surface area (TPSA) is 116 Å². The minimum absolute atomic E-state index is 0.0157. The van der Waals surface area contributed by atoms with E-state index in [0.717, 1.165) is 0 Å². The highest BCUT2D eigenvalue weighted by Crippen LogP contribution is 2.20. The lowest BCUT2D eigenvalue weighted by atomic mass is 9.95. The zero-order valence-corrected chi connectivity index (χ0v) is 18.2. The average molecular weight is 459 g/mol. The highest BCUT2D eigenvalue weighted by molar-refractivity contribution is 5.96. The molecule has 1 aromatic rings. The maximum Gasteiger partial charge on any atom is 0.490 e. The Hall–Kier alpha value is -3.11. The van der Waals surface area contributed by atoms with E-state index in [1.54, 1.807) is 36.1 Å². The van der Waals surface area contributed by atoms with Crippen LogP contribution in [-0.2, 0) is 14.4 Å². The minimum atomic E-state index is -5.08. The Kier molecular flexibility index (Phi) is 10.1. The monoisotopic (exact) mass is 459 g/mol. The molecule has 3 N–H and O–H groups in total. The summed E-state index contributed by atoms with van der Waals surface area (Å²) >= 11 is 0. The van der Waals surface area contributed by atoms with Gasteiger partial charge in [-0.05, 0) is 51.0 Å². The van der Waals surface area contributed by atoms with E-state index in [2.05, 4.69) is 10.6 Å². The van der Waals surface area contributed by atoms with Gasteiger partial charge in [-0.3, -0.25) is 14.4 Å². The van der Waals surface area contributed by atoms with Crippen LogP contribution in [0.4, 0.5) is 18.9 Å². The van der Waals surface area contributed by atoms with E-state index in [0.29, 0.717) is 43.6 Å². The Morgan fingerprint density at radius 1 is 1.09 bits per heavy atom. The molecule has 0 bridgehead atoms. The summed E-state index contributed by atoms with van der Waals surface area (Å²) in [6.45, 7) is 6.86. The number of rotatable bonds is 5. The largest absolute Gasteiger partial charge is 0.490 e. The van der Waals surface area contributed by atoms with E-state index in [9.17, 15) is 27.6 Å². The lowest BCUT2D eigenvalue weighted by molar-refractivity contribution is -0.192. The van der Waals surface area contributed by atoms with Crippen molar-refractivity contribution in [2.24, 2.45) is 5.92 Å². The van der Waals surface area contributed by atoms with Crippen molar-refractivity contribution < 1.29 is 37.5 Å². The third-order valence-corrected chi connectivity index (χ3v) is 4.56. The van der Waals surface area contributed by atoms with Crippen molar-refractivity contribution >= 4 is 29.4 Å². The second-order valence-corrected chi connectivity index (χ2v) is 7.51. The number of aliphatic carboxylic acids is 1. The van der Waals surface area contributed by atoms with Gasteiger partial charge in [0.05, 0.1) is 0 Å². The molecular formula is C21H28F3N3O5. The molecule has 0 saturated carbocycles. The first-order valence-electron chi connectivity index (χ1n) is 10.1. The fourth-order valence-electron chi connectivity index (χ4n) is 2.88. The number of hydrogen-bond donors (Lipinski definition) is 3. The number of carboxylic acids is 1. The molecule has 3 amide bonds. The molecule has 0 aliphatic carbocycles. The van der Waals surface area contributed by atoms with Gasteiger partial charge in [0.15, 0.2) is 0 Å². The van der Waals surface area contributed by atoms with E-state index in [4.69, 9.17) is 9.90 Å². The van der Waals surface area contributed by atoms with E-state index < -0.39 is 12.1 Å². The van der Waals surface area contributed by atoms with Crippen LogP contribution in [0.25, 0.3) is 0 Å². The molecule has 1 aliphatic heterocycles. The Morgan fingerprint density at radius 3 is 2.00 bits per heavy atom. The Morgan fingerprint density at radius 2 is 1.59 bits per heavy atom. The number of amides is 3. The van der Waals surface area contributed by atoms with Crippen LogP contribution < -0.4 is 10.6 Å². The van der Waals surface area contributed by atoms with Crippen molar-refractivity contribution in [3.05, 3.63) is 29.8 Å². The van der Waals surface area contributed by atoms with Gasteiger partial charge in [-0.2, -0.15) is 13.2 Å². The first-order valence-corrected chi connectivity index (χ1v) is 10.1. The number of benzene rings is 1. The van der Waals surface area contributed by atoms with Crippen LogP contribution in [0.5, 0.6) is 0 Å². The normalized spacial score (nSPS) is 14.3. The Balaban J connectivity index is 0.000000633. The highest BCUT2D eigenvalue weighted by Gasteiger charge is 2.38. The number of piperidine rings is 1. The molecule has 1 heterocycles. The number of anilines is 1. The number of alkyl halides is 3. The van der Waals surface area contributed by atoms with Crippen molar-refractivity contribution in [1.82, 2.24) is 10.2 Å². The maximum atomic E-state index is 12.6. The first-order chi connectivity index (χ1) is 14.8. The summed E-state index contributed by atoms with van der Waals surface area (Å²) in [5.41, 5.74) is 1.28. The molecule has 32 heavy (non-hydrogen) atoms. The van der Waals surface area contributed by atoms with Gasteiger partial charge in [0.1, 0.15) is 0 Å². The third kappa shape index (κ3) is 8.94. The van der Waals surface area contributed by atoms with Crippen LogP contribution in [-0.4, -0.2) is 59.0 Å². The van der Waals surface area contributed by atoms with Gasteiger partial charge in [0, 0.05) is 42.7 Å². The van der Waals surface area contributed by atoms with Gasteiger partial charge in [0.25, 0.3) is 5.91 Å². The molecule has 11 heteroatoms. The predicted octanol–water partition coefficient (Wildman–Crippen LogP) is 3.05. The molecule has 178 valence electrons. The predicted molar refractivity (Wildman–Crippen MR) is 111 cm³/mol. The lowest BCUT2D eigenvalue weighted by Crippen LogP contribution is -2.44. The van der Waals surface area contributed by atoms with Crippen molar-refractivity contribution in [2.45, 2.75) is 52.3 Å². The summed E-state index contributed by atoms with van der Waals surface area (Å²) < 4.78 is 31.7. The molecule has 1 saturated heterocycles. The maximum absolute atomic E-state index is 12.6. The molecular weight excluding hydrogens is 431 g/mol. The number of carbonyl (C=O) groups is 4. The summed E-state index contributed by atoms with van der Waals surface area (Å²) in [5, 5.41) is 12.8. The highest BCUT2D eigenvalue weighted by atomic mass is 19.4. The lowest BCUT2D eigenvalue weighted by Gasteiger charge is -2.31. The van der Waals surface area contributed by atoms with E-state index in [-0.39, 0.29) is 29.7 Å². The first kappa shape index (κ1) is 26.9. The Bertz CT molecular complexity index is 802. The minimum Gasteiger partial charge on any atom is -0.475 e. The van der Waals surface area contributed by atoms with Crippen LogP contribution in [0.1, 0.15) is 50.4 Å². The summed E-state index contributed by atoms with van der Waals surface area (Å²) in [6.07, 6.45) is -3.29. The van der Waals surface area contributed by atoms with Crippen molar-refractivity contribution in [3.63, 3.8) is 0 Å². The SMILES string of the molecule is CCC(=O)Nc1ccc(C(=O)N2CCC(C(=O)NC(C)C)CC2)cc1.O=C(O)C(F)(F)F. The molecule has 1 fully saturated rings. The number of likely N-dealkylation sites (tertiary alicyclic amines) is 1. The van der Waals surface area contributed by atoms with E-state index >= 15 is 0 Å². The van der Waals surface area contributed by atoms with Gasteiger partial charge in [-0.15, -0.1) is 0 Å². The number of halogens is 3. The summed E-state index contributed by atoms with van der Waals surface area (Å²) in [6, 6.07) is 7.07. The molecule has 1 aromatic carbocycles. The van der Waals surface area contributed by atoms with Crippen LogP contribution in [0.3, 0.4) is 0 Å². The standard InChI is InChI=1S/C19H27N3O3.C2HF3O2/c1-4-17(23)21-16-7-5-15(6-8-16)19(25)22-11-9-14(10-12-22)18(24)20-13(2)3;3-2(4,5)1(6)7/h5-8,13-14H,4,9-12H2,1-3H3,(H,20,24)(H,21,23);(H,6,7). The van der Waals surface area contributed by atoms with Crippen LogP contribution in [0, 0.1) is 5.92 Å². The van der Waals surface area contributed by atoms with E-state index in [1.165, 1.54) is 0 Å². The summed E-state index contributed by atoms with van der Waals surface area (Å²) in [5.74, 6) is -2.78. The number of nitrogens with zero attached hydrogens (tertiary/aromatic N) is 1. The zero-order valence-electron chi connectivity index (χ0n) is 18.2. The second kappa shape index (κ2) is 12.1. The third-order valence-electron chi connectivity index (χ3n) is 4.56. The van der Waals surface area contributed by atoms with Crippen LogP contribution >= 0.6 is 0 Å². The molecule has 0 unspecified atom stereocenters. The van der Waals surface area contributed by atoms with Gasteiger partial charge in [-0.25, -0.2) is 4.79 Å². The molecule has 0 radical (unpaired) electrons. The molecule has 1 aliphatic rings. The molecule has 0 atom stereocenters. The molecule has 2 rings (SSSR count). The molecule has 0 aromatic heterocycles. The van der Waals surface area contributed by atoms with Crippen molar-refractivity contribution in [2.75, 3.05) is 18.4 Å². The van der Waals surface area contributed by atoms with Gasteiger partial charge < -0.3 is 20.6 Å². The fourth-order valence-corrected chi connectivity index (χ4v) is 2.88. The Labute approximate surface area is 184 Å². The van der Waals surface area contributed by atoms with Crippen LogP contribution in [0.15, 0.2) is 24.3 Å². The quantitative estimate of drug-likeness (QED) is 0.626. The van der Waals surface area contributed by atoms with Gasteiger partial charge >= 0.3 is 12.1 Å².